The average molecular weight is 374 g/mol. The van der Waals surface area contributed by atoms with Crippen LogP contribution in [0.4, 0.5) is 0 Å². The van der Waals surface area contributed by atoms with Crippen LogP contribution in [0.2, 0.25) is 0 Å². The summed E-state index contributed by atoms with van der Waals surface area (Å²) in [5.41, 5.74) is 0.797. The van der Waals surface area contributed by atoms with Gasteiger partial charge in [0.2, 0.25) is 0 Å². The number of amides is 2. The second-order valence-electron chi connectivity index (χ2n) is 7.78. The van der Waals surface area contributed by atoms with E-state index >= 15 is 0 Å². The van der Waals surface area contributed by atoms with Crippen LogP contribution in [-0.4, -0.2) is 29.6 Å². The van der Waals surface area contributed by atoms with E-state index in [0.29, 0.717) is 12.4 Å². The lowest BCUT2D eigenvalue weighted by molar-refractivity contribution is -0.140. The van der Waals surface area contributed by atoms with E-state index in [1.54, 1.807) is 6.21 Å². The number of hydrogen-bond donors (Lipinski definition) is 0. The molecule has 1 aliphatic heterocycles. The van der Waals surface area contributed by atoms with E-state index in [1.807, 2.05) is 36.4 Å². The number of rotatable bonds is 5. The molecule has 1 saturated carbocycles. The molecule has 1 heterocycles. The van der Waals surface area contributed by atoms with Gasteiger partial charge in [-0.15, -0.1) is 0 Å². The third kappa shape index (κ3) is 2.49. The van der Waals surface area contributed by atoms with Gasteiger partial charge in [-0.1, -0.05) is 49.4 Å². The van der Waals surface area contributed by atoms with Crippen molar-refractivity contribution in [1.29, 1.82) is 0 Å². The molecule has 2 aliphatic carbocycles. The molecule has 2 aromatic rings. The van der Waals surface area contributed by atoms with Crippen molar-refractivity contribution in [3.63, 3.8) is 0 Å². The first-order valence-corrected chi connectivity index (χ1v) is 9.93. The van der Waals surface area contributed by atoms with Crippen LogP contribution in [0, 0.1) is 23.7 Å². The third-order valence-electron chi connectivity index (χ3n) is 6.14. The van der Waals surface area contributed by atoms with Crippen molar-refractivity contribution in [2.75, 3.05) is 6.61 Å². The number of imide groups is 1. The van der Waals surface area contributed by atoms with Crippen LogP contribution in [0.5, 0.6) is 5.75 Å². The van der Waals surface area contributed by atoms with Gasteiger partial charge in [0.1, 0.15) is 5.75 Å². The Morgan fingerprint density at radius 1 is 1.07 bits per heavy atom. The molecule has 4 atom stereocenters. The summed E-state index contributed by atoms with van der Waals surface area (Å²) in [4.78, 5) is 25.7. The number of carbonyl (C=O) groups excluding carboxylic acids is 2. The zero-order valence-electron chi connectivity index (χ0n) is 15.7. The van der Waals surface area contributed by atoms with Crippen molar-refractivity contribution < 1.29 is 14.3 Å². The molecule has 3 aliphatic rings. The van der Waals surface area contributed by atoms with Crippen LogP contribution in [0.1, 0.15) is 25.3 Å². The molecular formula is C23H22N2O3. The number of carbonyl (C=O) groups is 2. The molecule has 0 aromatic heterocycles. The molecule has 0 spiro atoms. The van der Waals surface area contributed by atoms with E-state index in [-0.39, 0.29) is 35.5 Å². The Kier molecular flexibility index (Phi) is 4.04. The Hall–Kier alpha value is -2.95. The first kappa shape index (κ1) is 17.2. The molecular weight excluding hydrogens is 352 g/mol. The molecule has 2 bridgehead atoms. The van der Waals surface area contributed by atoms with Crippen LogP contribution in [0.15, 0.2) is 53.7 Å². The molecule has 0 N–H and O–H groups in total. The quantitative estimate of drug-likeness (QED) is 0.455. The van der Waals surface area contributed by atoms with Crippen LogP contribution in [-0.2, 0) is 9.59 Å². The highest BCUT2D eigenvalue weighted by Gasteiger charge is 2.59. The SMILES string of the molecule is CCCOc1ccc2ccccc2c1/C=N\N1C(=O)[C@@H]2[C@H](C1=O)[C@@H]1C=C[C@H]2C1. The molecule has 0 unspecified atom stereocenters. The summed E-state index contributed by atoms with van der Waals surface area (Å²) < 4.78 is 5.89. The van der Waals surface area contributed by atoms with Gasteiger partial charge in [0.15, 0.2) is 0 Å². The molecule has 5 heteroatoms. The summed E-state index contributed by atoms with van der Waals surface area (Å²) in [5.74, 6) is 0.287. The number of benzene rings is 2. The zero-order chi connectivity index (χ0) is 19.3. The monoisotopic (exact) mass is 374 g/mol. The minimum atomic E-state index is -0.233. The van der Waals surface area contributed by atoms with Crippen LogP contribution >= 0.6 is 0 Å². The van der Waals surface area contributed by atoms with Gasteiger partial charge >= 0.3 is 0 Å². The van der Waals surface area contributed by atoms with E-state index < -0.39 is 0 Å². The van der Waals surface area contributed by atoms with E-state index in [4.69, 9.17) is 4.74 Å². The zero-order valence-corrected chi connectivity index (χ0v) is 15.7. The number of hydrogen-bond acceptors (Lipinski definition) is 4. The normalized spacial score (nSPS) is 28.1. The molecule has 2 amide bonds. The highest BCUT2D eigenvalue weighted by atomic mass is 16.5. The lowest BCUT2D eigenvalue weighted by Crippen LogP contribution is -2.28. The Bertz CT molecular complexity index is 996. The molecule has 28 heavy (non-hydrogen) atoms. The fourth-order valence-electron chi connectivity index (χ4n) is 4.86. The minimum absolute atomic E-state index is 0.167. The summed E-state index contributed by atoms with van der Waals surface area (Å²) in [6.07, 6.45) is 7.60. The van der Waals surface area contributed by atoms with E-state index in [1.165, 1.54) is 0 Å². The number of fused-ring (bicyclic) bond motifs is 6. The van der Waals surface area contributed by atoms with Gasteiger partial charge in [0.05, 0.1) is 24.7 Å². The molecule has 0 radical (unpaired) electrons. The summed E-state index contributed by atoms with van der Waals surface area (Å²) in [5, 5.41) is 7.49. The molecule has 142 valence electrons. The van der Waals surface area contributed by atoms with E-state index in [9.17, 15) is 9.59 Å². The van der Waals surface area contributed by atoms with Crippen molar-refractivity contribution in [1.82, 2.24) is 5.01 Å². The van der Waals surface area contributed by atoms with Crippen molar-refractivity contribution in [3.8, 4) is 5.75 Å². The second-order valence-corrected chi connectivity index (χ2v) is 7.78. The van der Waals surface area contributed by atoms with Gasteiger partial charge in [0.25, 0.3) is 11.8 Å². The maximum atomic E-state index is 12.9. The maximum Gasteiger partial charge on any atom is 0.254 e. The number of nitrogens with zero attached hydrogens (tertiary/aromatic N) is 2. The van der Waals surface area contributed by atoms with Crippen LogP contribution in [0.25, 0.3) is 10.8 Å². The number of allylic oxidation sites excluding steroid dienone is 2. The van der Waals surface area contributed by atoms with Gasteiger partial charge in [-0.3, -0.25) is 9.59 Å². The first-order chi connectivity index (χ1) is 13.7. The predicted molar refractivity (Wildman–Crippen MR) is 107 cm³/mol. The topological polar surface area (TPSA) is 59.0 Å². The Morgan fingerprint density at radius 3 is 2.50 bits per heavy atom. The Morgan fingerprint density at radius 2 is 1.79 bits per heavy atom. The molecule has 2 aromatic carbocycles. The Labute approximate surface area is 163 Å². The number of hydrazone groups is 1. The van der Waals surface area contributed by atoms with Crippen molar-refractivity contribution in [2.45, 2.75) is 19.8 Å². The summed E-state index contributed by atoms with van der Waals surface area (Å²) in [7, 11) is 0. The third-order valence-corrected chi connectivity index (χ3v) is 6.14. The molecule has 5 nitrogen and oxygen atoms in total. The highest BCUT2D eigenvalue weighted by molar-refractivity contribution is 6.08. The fraction of sp³-hybridized carbons (Fsp3) is 0.348. The smallest absolute Gasteiger partial charge is 0.254 e. The van der Waals surface area contributed by atoms with Crippen LogP contribution in [0.3, 0.4) is 0 Å². The highest BCUT2D eigenvalue weighted by Crippen LogP contribution is 2.52. The largest absolute Gasteiger partial charge is 0.493 e. The van der Waals surface area contributed by atoms with Gasteiger partial charge in [-0.05, 0) is 41.5 Å². The fourth-order valence-corrected chi connectivity index (χ4v) is 4.86. The lowest BCUT2D eigenvalue weighted by Gasteiger charge is -2.13. The molecule has 5 rings (SSSR count). The van der Waals surface area contributed by atoms with Crippen molar-refractivity contribution >= 4 is 28.8 Å². The lowest BCUT2D eigenvalue weighted by atomic mass is 9.85. The van der Waals surface area contributed by atoms with Crippen LogP contribution < -0.4 is 4.74 Å². The summed E-state index contributed by atoms with van der Waals surface area (Å²) in [6.45, 7) is 2.65. The molecule has 2 fully saturated rings. The first-order valence-electron chi connectivity index (χ1n) is 9.93. The molecule has 1 saturated heterocycles. The average Bonchev–Trinajstić information content (AvgIpc) is 3.39. The Balaban J connectivity index is 1.50. The minimum Gasteiger partial charge on any atom is -0.493 e. The van der Waals surface area contributed by atoms with Gasteiger partial charge in [-0.25, -0.2) is 0 Å². The van der Waals surface area contributed by atoms with Crippen molar-refractivity contribution in [3.05, 3.63) is 54.1 Å². The standard InChI is InChI=1S/C23H22N2O3/c1-2-11-28-19-10-9-14-5-3-4-6-17(14)18(19)13-24-25-22(26)20-15-7-8-16(12-15)21(20)23(25)27/h3-10,13,15-16,20-21H,2,11-12H2,1H3/b24-13-/t15-,16+,20-,21+. The van der Waals surface area contributed by atoms with E-state index in [2.05, 4.69) is 24.2 Å². The summed E-state index contributed by atoms with van der Waals surface area (Å²) >= 11 is 0. The predicted octanol–water partition coefficient (Wildman–Crippen LogP) is 3.77. The number of ether oxygens (including phenoxy) is 1. The van der Waals surface area contributed by atoms with Gasteiger partial charge in [0, 0.05) is 5.56 Å². The van der Waals surface area contributed by atoms with Gasteiger partial charge < -0.3 is 4.74 Å². The maximum absolute atomic E-state index is 12.9. The van der Waals surface area contributed by atoms with Gasteiger partial charge in [-0.2, -0.15) is 10.1 Å². The van der Waals surface area contributed by atoms with E-state index in [0.717, 1.165) is 34.2 Å². The van der Waals surface area contributed by atoms with Crippen molar-refractivity contribution in [2.24, 2.45) is 28.8 Å². The summed E-state index contributed by atoms with van der Waals surface area (Å²) in [6, 6.07) is 11.9. The second kappa shape index (κ2) is 6.59.